The lowest BCUT2D eigenvalue weighted by Crippen LogP contribution is -2.43. The molecule has 0 aliphatic carbocycles. The summed E-state index contributed by atoms with van der Waals surface area (Å²) in [5, 5.41) is 3.33. The Morgan fingerprint density at radius 1 is 1.15 bits per heavy atom. The molecule has 1 amide bonds. The number of carbonyl (C=O) groups is 1. The third-order valence-electron chi connectivity index (χ3n) is 4.68. The van der Waals surface area contributed by atoms with Crippen molar-refractivity contribution < 1.29 is 13.2 Å². The molecule has 1 aromatic carbocycles. The van der Waals surface area contributed by atoms with E-state index in [1.54, 1.807) is 30.5 Å². The molecule has 1 aliphatic heterocycles. The predicted molar refractivity (Wildman–Crippen MR) is 104 cm³/mol. The highest BCUT2D eigenvalue weighted by Gasteiger charge is 2.31. The van der Waals surface area contributed by atoms with Crippen molar-refractivity contribution in [2.24, 2.45) is 5.92 Å². The Balaban J connectivity index is 1.52. The number of aromatic nitrogens is 1. The number of benzene rings is 1. The van der Waals surface area contributed by atoms with Crippen LogP contribution in [-0.4, -0.2) is 36.7 Å². The Morgan fingerprint density at radius 2 is 1.85 bits per heavy atom. The standard InChI is InChI=1S/C19H22ClN3O3S/c20-18-7-2-1-5-16(18)14-27(25,26)23-11-8-15(9-12-23)19(24)22-13-17-6-3-4-10-21-17/h1-7,10,15H,8-9,11-14H2,(H,22,24). The number of nitrogens with one attached hydrogen (secondary N) is 1. The van der Waals surface area contributed by atoms with Crippen molar-refractivity contribution in [1.29, 1.82) is 0 Å². The van der Waals surface area contributed by atoms with Gasteiger partial charge in [0.05, 0.1) is 18.0 Å². The van der Waals surface area contributed by atoms with E-state index in [-0.39, 0.29) is 17.6 Å². The van der Waals surface area contributed by atoms with Crippen molar-refractivity contribution in [2.75, 3.05) is 13.1 Å². The largest absolute Gasteiger partial charge is 0.350 e. The molecule has 1 aromatic heterocycles. The van der Waals surface area contributed by atoms with Crippen LogP contribution >= 0.6 is 11.6 Å². The van der Waals surface area contributed by atoms with E-state index in [4.69, 9.17) is 11.6 Å². The fourth-order valence-corrected chi connectivity index (χ4v) is 5.00. The Kier molecular flexibility index (Phi) is 6.46. The molecule has 8 heteroatoms. The Bertz CT molecular complexity index is 882. The van der Waals surface area contributed by atoms with Crippen molar-refractivity contribution in [1.82, 2.24) is 14.6 Å². The number of sulfonamides is 1. The molecule has 1 N–H and O–H groups in total. The average Bonchev–Trinajstić information content (AvgIpc) is 2.69. The van der Waals surface area contributed by atoms with Gasteiger partial charge in [-0.3, -0.25) is 9.78 Å². The number of nitrogens with zero attached hydrogens (tertiary/aromatic N) is 2. The van der Waals surface area contributed by atoms with Crippen LogP contribution in [0.25, 0.3) is 0 Å². The third kappa shape index (κ3) is 5.28. The summed E-state index contributed by atoms with van der Waals surface area (Å²) in [6, 6.07) is 12.5. The van der Waals surface area contributed by atoms with E-state index in [0.29, 0.717) is 43.1 Å². The van der Waals surface area contributed by atoms with E-state index in [1.165, 1.54) is 4.31 Å². The molecule has 0 unspecified atom stereocenters. The van der Waals surface area contributed by atoms with Gasteiger partial charge in [-0.1, -0.05) is 35.9 Å². The van der Waals surface area contributed by atoms with Gasteiger partial charge in [0.25, 0.3) is 0 Å². The lowest BCUT2D eigenvalue weighted by molar-refractivity contribution is -0.126. The molecule has 144 valence electrons. The fraction of sp³-hybridized carbons (Fsp3) is 0.368. The predicted octanol–water partition coefficient (Wildman–Crippen LogP) is 2.59. The summed E-state index contributed by atoms with van der Waals surface area (Å²) in [5.41, 5.74) is 1.39. The van der Waals surface area contributed by atoms with Gasteiger partial charge in [-0.15, -0.1) is 0 Å². The van der Waals surface area contributed by atoms with Crippen molar-refractivity contribution >= 4 is 27.5 Å². The Labute approximate surface area is 164 Å². The van der Waals surface area contributed by atoms with Crippen molar-refractivity contribution in [3.8, 4) is 0 Å². The van der Waals surface area contributed by atoms with Gasteiger partial charge in [0, 0.05) is 30.2 Å². The lowest BCUT2D eigenvalue weighted by atomic mass is 9.97. The maximum Gasteiger partial charge on any atom is 0.223 e. The van der Waals surface area contributed by atoms with Crippen molar-refractivity contribution in [2.45, 2.75) is 25.1 Å². The normalized spacial score (nSPS) is 16.2. The number of piperidine rings is 1. The third-order valence-corrected chi connectivity index (χ3v) is 6.88. The van der Waals surface area contributed by atoms with E-state index in [2.05, 4.69) is 10.3 Å². The molecule has 0 spiro atoms. The number of rotatable bonds is 6. The molecular weight excluding hydrogens is 386 g/mol. The Hall–Kier alpha value is -1.96. The first-order chi connectivity index (χ1) is 13.0. The van der Waals surface area contributed by atoms with E-state index in [1.807, 2.05) is 18.2 Å². The summed E-state index contributed by atoms with van der Waals surface area (Å²) >= 11 is 6.08. The molecule has 0 atom stereocenters. The van der Waals surface area contributed by atoms with Gasteiger partial charge in [0.1, 0.15) is 0 Å². The smallest absolute Gasteiger partial charge is 0.223 e. The molecule has 1 saturated heterocycles. The number of hydrogen-bond acceptors (Lipinski definition) is 4. The minimum atomic E-state index is -3.46. The summed E-state index contributed by atoms with van der Waals surface area (Å²) in [4.78, 5) is 16.5. The molecule has 1 aliphatic rings. The topological polar surface area (TPSA) is 79.4 Å². The van der Waals surface area contributed by atoms with E-state index >= 15 is 0 Å². The zero-order valence-corrected chi connectivity index (χ0v) is 16.4. The maximum absolute atomic E-state index is 12.7. The van der Waals surface area contributed by atoms with Crippen LogP contribution < -0.4 is 5.32 Å². The van der Waals surface area contributed by atoms with E-state index in [9.17, 15) is 13.2 Å². The van der Waals surface area contributed by atoms with E-state index < -0.39 is 10.0 Å². The molecule has 0 saturated carbocycles. The SMILES string of the molecule is O=C(NCc1ccccn1)C1CCN(S(=O)(=O)Cc2ccccc2Cl)CC1. The highest BCUT2D eigenvalue weighted by molar-refractivity contribution is 7.88. The molecule has 0 bridgehead atoms. The van der Waals surface area contributed by atoms with Crippen LogP contribution in [0.2, 0.25) is 5.02 Å². The number of carbonyl (C=O) groups excluding carboxylic acids is 1. The van der Waals surface area contributed by atoms with Crippen LogP contribution in [0.15, 0.2) is 48.7 Å². The fourth-order valence-electron chi connectivity index (χ4n) is 3.12. The van der Waals surface area contributed by atoms with Gasteiger partial charge in [-0.2, -0.15) is 0 Å². The summed E-state index contributed by atoms with van der Waals surface area (Å²) in [5.74, 6) is -0.354. The van der Waals surface area contributed by atoms with Gasteiger partial charge in [-0.25, -0.2) is 12.7 Å². The molecule has 1 fully saturated rings. The Morgan fingerprint density at radius 3 is 2.52 bits per heavy atom. The number of amides is 1. The average molecular weight is 408 g/mol. The number of halogens is 1. The van der Waals surface area contributed by atoms with Gasteiger partial charge in [0.15, 0.2) is 0 Å². The second-order valence-corrected chi connectivity index (χ2v) is 8.94. The first-order valence-electron chi connectivity index (χ1n) is 8.84. The number of hydrogen-bond donors (Lipinski definition) is 1. The van der Waals surface area contributed by atoms with Gasteiger partial charge in [0.2, 0.25) is 15.9 Å². The summed E-state index contributed by atoms with van der Waals surface area (Å²) in [7, 11) is -3.46. The molecule has 0 radical (unpaired) electrons. The van der Waals surface area contributed by atoms with Crippen LogP contribution in [0.5, 0.6) is 0 Å². The quantitative estimate of drug-likeness (QED) is 0.798. The van der Waals surface area contributed by atoms with Crippen LogP contribution in [0, 0.1) is 5.92 Å². The minimum absolute atomic E-state index is 0.0520. The highest BCUT2D eigenvalue weighted by atomic mass is 35.5. The van der Waals surface area contributed by atoms with Crippen molar-refractivity contribution in [3.63, 3.8) is 0 Å². The molecular formula is C19H22ClN3O3S. The summed E-state index contributed by atoms with van der Waals surface area (Å²) in [6.45, 7) is 1.06. The van der Waals surface area contributed by atoms with Gasteiger partial charge < -0.3 is 5.32 Å². The highest BCUT2D eigenvalue weighted by Crippen LogP contribution is 2.24. The monoisotopic (exact) mass is 407 g/mol. The second kappa shape index (κ2) is 8.82. The van der Waals surface area contributed by atoms with Crippen LogP contribution in [0.3, 0.4) is 0 Å². The minimum Gasteiger partial charge on any atom is -0.350 e. The van der Waals surface area contributed by atoms with E-state index in [0.717, 1.165) is 5.69 Å². The molecule has 2 aromatic rings. The summed E-state index contributed by atoms with van der Waals surface area (Å²) in [6.07, 6.45) is 2.70. The van der Waals surface area contributed by atoms with Crippen LogP contribution in [0.1, 0.15) is 24.1 Å². The second-order valence-electron chi connectivity index (χ2n) is 6.56. The van der Waals surface area contributed by atoms with Crippen molar-refractivity contribution in [3.05, 3.63) is 64.9 Å². The zero-order chi connectivity index (χ0) is 19.3. The number of pyridine rings is 1. The van der Waals surface area contributed by atoms with Crippen LogP contribution in [0.4, 0.5) is 0 Å². The maximum atomic E-state index is 12.7. The molecule has 3 rings (SSSR count). The summed E-state index contributed by atoms with van der Waals surface area (Å²) < 4.78 is 26.8. The molecule has 6 nitrogen and oxygen atoms in total. The first kappa shape index (κ1) is 19.8. The van der Waals surface area contributed by atoms with Gasteiger partial charge >= 0.3 is 0 Å². The zero-order valence-electron chi connectivity index (χ0n) is 14.8. The van der Waals surface area contributed by atoms with Crippen LogP contribution in [-0.2, 0) is 27.1 Å². The molecule has 2 heterocycles. The molecule has 27 heavy (non-hydrogen) atoms. The van der Waals surface area contributed by atoms with Gasteiger partial charge in [-0.05, 0) is 36.6 Å². The lowest BCUT2D eigenvalue weighted by Gasteiger charge is -2.30. The first-order valence-corrected chi connectivity index (χ1v) is 10.8.